The Kier molecular flexibility index (Phi) is 8.66. The van der Waals surface area contributed by atoms with Crippen LogP contribution in [0.3, 0.4) is 0 Å². The molecule has 0 saturated carbocycles. The summed E-state index contributed by atoms with van der Waals surface area (Å²) in [7, 11) is -2.78. The topological polar surface area (TPSA) is 9.86 Å². The fourth-order valence-electron chi connectivity index (χ4n) is 9.69. The second-order valence-corrected chi connectivity index (χ2v) is 22.0. The highest BCUT2D eigenvalue weighted by Crippen LogP contribution is 2.43. The molecule has 2 aromatic heterocycles. The van der Waals surface area contributed by atoms with Crippen molar-refractivity contribution >= 4 is 72.4 Å². The van der Waals surface area contributed by atoms with Gasteiger partial charge in [0, 0.05) is 32.9 Å². The van der Waals surface area contributed by atoms with Crippen molar-refractivity contribution in [1.29, 1.82) is 0 Å². The van der Waals surface area contributed by atoms with Crippen LogP contribution in [0.5, 0.6) is 0 Å². The molecule has 0 aliphatic heterocycles. The summed E-state index contributed by atoms with van der Waals surface area (Å²) in [6.07, 6.45) is 0. The van der Waals surface area contributed by atoms with Gasteiger partial charge in [0.15, 0.2) is 8.07 Å². The fraction of sp³-hybridized carbons (Fsp3) is 0.143. The normalized spacial score (nSPS) is 12.6. The van der Waals surface area contributed by atoms with E-state index in [1.165, 1.54) is 86.9 Å². The molecule has 0 aliphatic carbocycles. The van der Waals surface area contributed by atoms with Gasteiger partial charge in [-0.05, 0) is 91.2 Å². The smallest absolute Gasteiger partial charge is 0.179 e. The molecular formula is C56H50N2Si. The molecular weight excluding hydrogens is 729 g/mol. The molecule has 0 fully saturated rings. The Morgan fingerprint density at radius 2 is 0.814 bits per heavy atom. The van der Waals surface area contributed by atoms with Crippen LogP contribution in [0.2, 0.25) is 0 Å². The lowest BCUT2D eigenvalue weighted by Crippen LogP contribution is -2.74. The lowest BCUT2D eigenvalue weighted by atomic mass is 9.79. The molecule has 0 saturated heterocycles. The highest BCUT2D eigenvalue weighted by atomic mass is 28.3. The number of para-hydroxylation sites is 2. The van der Waals surface area contributed by atoms with Gasteiger partial charge in [-0.3, -0.25) is 0 Å². The minimum absolute atomic E-state index is 0.0285. The van der Waals surface area contributed by atoms with Crippen molar-refractivity contribution in [3.05, 3.63) is 205 Å². The zero-order valence-electron chi connectivity index (χ0n) is 34.9. The average molecular weight is 779 g/mol. The second kappa shape index (κ2) is 13.9. The molecule has 0 bridgehead atoms. The summed E-state index contributed by atoms with van der Waals surface area (Å²) in [6.45, 7) is 14.1. The van der Waals surface area contributed by atoms with Crippen LogP contribution in [0.25, 0.3) is 55.0 Å². The summed E-state index contributed by atoms with van der Waals surface area (Å²) in [5, 5.41) is 10.6. The Bertz CT molecular complexity index is 3010. The van der Waals surface area contributed by atoms with E-state index in [2.05, 4.69) is 245 Å². The van der Waals surface area contributed by atoms with E-state index in [0.29, 0.717) is 0 Å². The minimum Gasteiger partial charge on any atom is -0.309 e. The fourth-order valence-corrected chi connectivity index (χ4v) is 14.5. The molecule has 0 spiro atoms. The molecule has 2 heterocycles. The SMILES string of the molecule is CC(C)(C)c1cc(C(C)(C)C)c2c(c1)c1cc(-n3c4ccccc4c4ccccc43)ccc1n2-c1cccc([Si](c2ccccc2)(c2ccccc2)c2ccccc2)c1. The number of aromatic nitrogens is 2. The largest absolute Gasteiger partial charge is 0.309 e. The van der Waals surface area contributed by atoms with Gasteiger partial charge >= 0.3 is 0 Å². The summed E-state index contributed by atoms with van der Waals surface area (Å²) >= 11 is 0. The lowest BCUT2D eigenvalue weighted by Gasteiger charge is -2.34. The first kappa shape index (κ1) is 36.9. The van der Waals surface area contributed by atoms with Crippen molar-refractivity contribution in [1.82, 2.24) is 9.13 Å². The zero-order chi connectivity index (χ0) is 40.5. The molecule has 10 aromatic rings. The molecule has 0 atom stereocenters. The first-order valence-corrected chi connectivity index (χ1v) is 22.9. The van der Waals surface area contributed by atoms with Crippen LogP contribution in [0.1, 0.15) is 52.7 Å². The summed E-state index contributed by atoms with van der Waals surface area (Å²) in [5.74, 6) is 0. The number of hydrogen-bond acceptors (Lipinski definition) is 0. The van der Waals surface area contributed by atoms with Gasteiger partial charge in [-0.15, -0.1) is 0 Å². The number of benzene rings is 8. The molecule has 0 unspecified atom stereocenters. The van der Waals surface area contributed by atoms with Crippen molar-refractivity contribution in [3.8, 4) is 11.4 Å². The lowest BCUT2D eigenvalue weighted by molar-refractivity contribution is 0.572. The maximum atomic E-state index is 2.58. The quantitative estimate of drug-likeness (QED) is 0.118. The Morgan fingerprint density at radius 1 is 0.339 bits per heavy atom. The van der Waals surface area contributed by atoms with Crippen molar-refractivity contribution in [3.63, 3.8) is 0 Å². The summed E-state index contributed by atoms with van der Waals surface area (Å²) < 4.78 is 5.03. The molecule has 0 N–H and O–H groups in total. The van der Waals surface area contributed by atoms with Crippen LogP contribution >= 0.6 is 0 Å². The minimum atomic E-state index is -2.78. The van der Waals surface area contributed by atoms with E-state index in [-0.39, 0.29) is 10.8 Å². The summed E-state index contributed by atoms with van der Waals surface area (Å²) in [5.41, 5.74) is 9.86. The van der Waals surface area contributed by atoms with Gasteiger partial charge in [-0.1, -0.05) is 187 Å². The third kappa shape index (κ3) is 5.90. The molecule has 10 rings (SSSR count). The number of nitrogens with zero attached hydrogens (tertiary/aromatic N) is 2. The van der Waals surface area contributed by atoms with Gasteiger partial charge in [-0.25, -0.2) is 0 Å². The van der Waals surface area contributed by atoms with Crippen LogP contribution in [0, 0.1) is 0 Å². The van der Waals surface area contributed by atoms with E-state index in [0.717, 1.165) is 0 Å². The molecule has 0 aliphatic rings. The van der Waals surface area contributed by atoms with Gasteiger partial charge in [0.05, 0.1) is 22.1 Å². The molecule has 2 nitrogen and oxygen atoms in total. The van der Waals surface area contributed by atoms with E-state index >= 15 is 0 Å². The highest BCUT2D eigenvalue weighted by Gasteiger charge is 2.41. The molecule has 0 amide bonds. The Labute approximate surface area is 349 Å². The van der Waals surface area contributed by atoms with Gasteiger partial charge in [0.2, 0.25) is 0 Å². The van der Waals surface area contributed by atoms with Crippen LogP contribution in [-0.2, 0) is 10.8 Å². The van der Waals surface area contributed by atoms with E-state index in [4.69, 9.17) is 0 Å². The van der Waals surface area contributed by atoms with Gasteiger partial charge in [0.25, 0.3) is 0 Å². The number of hydrogen-bond donors (Lipinski definition) is 0. The van der Waals surface area contributed by atoms with Crippen molar-refractivity contribution in [2.45, 2.75) is 52.4 Å². The van der Waals surface area contributed by atoms with Crippen molar-refractivity contribution < 1.29 is 0 Å². The number of rotatable bonds is 6. The Morgan fingerprint density at radius 3 is 1.34 bits per heavy atom. The average Bonchev–Trinajstić information content (AvgIpc) is 3.77. The maximum Gasteiger partial charge on any atom is 0.179 e. The third-order valence-corrected chi connectivity index (χ3v) is 17.3. The summed E-state index contributed by atoms with van der Waals surface area (Å²) in [6, 6.07) is 73.0. The number of fused-ring (bicyclic) bond motifs is 6. The van der Waals surface area contributed by atoms with Crippen molar-refractivity contribution in [2.24, 2.45) is 0 Å². The Balaban J connectivity index is 1.32. The first-order valence-electron chi connectivity index (χ1n) is 20.9. The Hall–Kier alpha value is -6.42. The van der Waals surface area contributed by atoms with E-state index in [1.54, 1.807) is 0 Å². The zero-order valence-corrected chi connectivity index (χ0v) is 35.9. The third-order valence-electron chi connectivity index (χ3n) is 12.5. The monoisotopic (exact) mass is 778 g/mol. The highest BCUT2D eigenvalue weighted by molar-refractivity contribution is 7.19. The van der Waals surface area contributed by atoms with E-state index < -0.39 is 8.07 Å². The first-order chi connectivity index (χ1) is 28.5. The predicted octanol–water partition coefficient (Wildman–Crippen LogP) is 11.9. The second-order valence-electron chi connectivity index (χ2n) is 18.2. The van der Waals surface area contributed by atoms with Crippen molar-refractivity contribution in [2.75, 3.05) is 0 Å². The van der Waals surface area contributed by atoms with E-state index in [9.17, 15) is 0 Å². The summed E-state index contributed by atoms with van der Waals surface area (Å²) in [4.78, 5) is 0. The van der Waals surface area contributed by atoms with Crippen LogP contribution < -0.4 is 20.7 Å². The predicted molar refractivity (Wildman–Crippen MR) is 256 cm³/mol. The molecule has 3 heteroatoms. The van der Waals surface area contributed by atoms with E-state index in [1.807, 2.05) is 0 Å². The van der Waals surface area contributed by atoms with Gasteiger partial charge < -0.3 is 9.13 Å². The van der Waals surface area contributed by atoms with Gasteiger partial charge in [0.1, 0.15) is 0 Å². The maximum absolute atomic E-state index is 2.78. The molecule has 8 aromatic carbocycles. The molecule has 288 valence electrons. The van der Waals surface area contributed by atoms with Crippen LogP contribution in [0.4, 0.5) is 0 Å². The van der Waals surface area contributed by atoms with Crippen LogP contribution in [0.15, 0.2) is 194 Å². The standard InChI is InChI=1S/C56H50N2Si/c1-55(2,3)39-35-49-48-38-41(57-51-31-18-16-29-46(51)47-30-17-19-32-52(47)57)33-34-53(48)58(54(49)50(36-39)56(4,5)6)40-21-20-28-45(37-40)59(42-22-10-7-11-23-42,43-24-12-8-13-25-43)44-26-14-9-15-27-44/h7-38H,1-6H3. The van der Waals surface area contributed by atoms with Crippen LogP contribution in [-0.4, -0.2) is 17.2 Å². The molecule has 59 heavy (non-hydrogen) atoms. The van der Waals surface area contributed by atoms with Gasteiger partial charge in [-0.2, -0.15) is 0 Å². The molecule has 0 radical (unpaired) electrons.